The molecule has 1 aliphatic carbocycles. The summed E-state index contributed by atoms with van der Waals surface area (Å²) in [6.45, 7) is 11.0. The predicted octanol–water partition coefficient (Wildman–Crippen LogP) is 3.28. The lowest BCUT2D eigenvalue weighted by atomic mass is 9.83. The molecule has 1 atom stereocenters. The fraction of sp³-hybridized carbons (Fsp3) is 0.625. The van der Waals surface area contributed by atoms with Gasteiger partial charge in [-0.1, -0.05) is 19.9 Å². The van der Waals surface area contributed by atoms with Gasteiger partial charge in [0, 0.05) is 5.41 Å². The van der Waals surface area contributed by atoms with Crippen LogP contribution in [-0.2, 0) is 5.41 Å². The van der Waals surface area contributed by atoms with Crippen molar-refractivity contribution in [3.63, 3.8) is 0 Å². The lowest BCUT2D eigenvalue weighted by Crippen LogP contribution is -2.21. The molecule has 0 spiro atoms. The van der Waals surface area contributed by atoms with E-state index in [2.05, 4.69) is 40.7 Å². The van der Waals surface area contributed by atoms with E-state index in [-0.39, 0.29) is 17.4 Å². The Balaban J connectivity index is 2.61. The molecule has 1 N–H and O–H groups in total. The number of methoxy groups -OCH3 is 1. The van der Waals surface area contributed by atoms with Gasteiger partial charge in [-0.25, -0.2) is 0 Å². The molecule has 1 aromatic carbocycles. The third kappa shape index (κ3) is 1.58. The Kier molecular flexibility index (Phi) is 2.97. The van der Waals surface area contributed by atoms with Gasteiger partial charge in [-0.05, 0) is 54.9 Å². The Labute approximate surface area is 110 Å². The maximum Gasteiger partial charge on any atom is 0.124 e. The minimum Gasteiger partial charge on any atom is -0.496 e. The molecule has 1 saturated carbocycles. The molecule has 2 nitrogen and oxygen atoms in total. The Hall–Kier alpha value is -1.02. The van der Waals surface area contributed by atoms with Gasteiger partial charge in [0.2, 0.25) is 0 Å². The standard InChI is InChI=1S/C16H24O2/c1-10-7-13(11(2)12(3)14(10)18-6)16(9-17)8-15(16,4)5/h7,17H,8-9H2,1-6H3. The van der Waals surface area contributed by atoms with Crippen LogP contribution >= 0.6 is 0 Å². The van der Waals surface area contributed by atoms with Gasteiger partial charge in [0.25, 0.3) is 0 Å². The Morgan fingerprint density at radius 1 is 1.22 bits per heavy atom. The van der Waals surface area contributed by atoms with E-state index in [1.54, 1.807) is 7.11 Å². The quantitative estimate of drug-likeness (QED) is 0.889. The van der Waals surface area contributed by atoms with Crippen molar-refractivity contribution in [2.45, 2.75) is 46.5 Å². The highest BCUT2D eigenvalue weighted by Crippen LogP contribution is 2.65. The largest absolute Gasteiger partial charge is 0.496 e. The Bertz CT molecular complexity index is 488. The van der Waals surface area contributed by atoms with Crippen LogP contribution in [0.4, 0.5) is 0 Å². The predicted molar refractivity (Wildman–Crippen MR) is 74.4 cm³/mol. The summed E-state index contributed by atoms with van der Waals surface area (Å²) in [6.07, 6.45) is 1.06. The molecule has 0 heterocycles. The van der Waals surface area contributed by atoms with Crippen molar-refractivity contribution >= 4 is 0 Å². The summed E-state index contributed by atoms with van der Waals surface area (Å²) in [5, 5.41) is 9.85. The first-order valence-corrected chi connectivity index (χ1v) is 6.57. The molecule has 0 saturated heterocycles. The summed E-state index contributed by atoms with van der Waals surface area (Å²) in [6, 6.07) is 2.20. The first-order chi connectivity index (χ1) is 8.30. The van der Waals surface area contributed by atoms with Crippen LogP contribution in [0.15, 0.2) is 6.07 Å². The third-order valence-electron chi connectivity index (χ3n) is 4.93. The van der Waals surface area contributed by atoms with E-state index in [4.69, 9.17) is 4.74 Å². The van der Waals surface area contributed by atoms with Gasteiger partial charge >= 0.3 is 0 Å². The minimum absolute atomic E-state index is 0.0567. The zero-order chi connectivity index (χ0) is 13.7. The highest BCUT2D eigenvalue weighted by molar-refractivity contribution is 5.54. The Morgan fingerprint density at radius 3 is 2.17 bits per heavy atom. The fourth-order valence-electron chi connectivity index (χ4n) is 3.39. The van der Waals surface area contributed by atoms with Crippen LogP contribution < -0.4 is 4.74 Å². The molecule has 18 heavy (non-hydrogen) atoms. The van der Waals surface area contributed by atoms with Crippen molar-refractivity contribution in [1.29, 1.82) is 0 Å². The lowest BCUT2D eigenvalue weighted by Gasteiger charge is -2.24. The van der Waals surface area contributed by atoms with E-state index in [9.17, 15) is 5.11 Å². The van der Waals surface area contributed by atoms with Gasteiger partial charge in [-0.15, -0.1) is 0 Å². The number of rotatable bonds is 3. The van der Waals surface area contributed by atoms with Gasteiger partial charge in [-0.2, -0.15) is 0 Å². The van der Waals surface area contributed by atoms with Gasteiger partial charge in [-0.3, -0.25) is 0 Å². The van der Waals surface area contributed by atoms with E-state index in [0.717, 1.165) is 17.7 Å². The molecule has 0 radical (unpaired) electrons. The fourth-order valence-corrected chi connectivity index (χ4v) is 3.39. The summed E-state index contributed by atoms with van der Waals surface area (Å²) >= 11 is 0. The van der Waals surface area contributed by atoms with Crippen molar-refractivity contribution in [2.24, 2.45) is 5.41 Å². The molecule has 0 aromatic heterocycles. The molecule has 2 rings (SSSR count). The van der Waals surface area contributed by atoms with Gasteiger partial charge in [0.1, 0.15) is 5.75 Å². The lowest BCUT2D eigenvalue weighted by molar-refractivity contribution is 0.230. The number of hydrogen-bond donors (Lipinski definition) is 1. The maximum atomic E-state index is 9.85. The number of hydrogen-bond acceptors (Lipinski definition) is 2. The summed E-state index contributed by atoms with van der Waals surface area (Å²) in [7, 11) is 1.72. The molecule has 0 amide bonds. The molecule has 1 fully saturated rings. The zero-order valence-corrected chi connectivity index (χ0v) is 12.3. The average molecular weight is 248 g/mol. The second kappa shape index (κ2) is 3.99. The van der Waals surface area contributed by atoms with E-state index in [0.29, 0.717) is 0 Å². The summed E-state index contributed by atoms with van der Waals surface area (Å²) in [5.74, 6) is 0.975. The number of ether oxygens (including phenoxy) is 1. The van der Waals surface area contributed by atoms with E-state index >= 15 is 0 Å². The molecule has 100 valence electrons. The molecule has 1 aromatic rings. The Morgan fingerprint density at radius 2 is 1.78 bits per heavy atom. The van der Waals surface area contributed by atoms with Gasteiger partial charge in [0.05, 0.1) is 13.7 Å². The molecule has 2 heteroatoms. The van der Waals surface area contributed by atoms with Crippen molar-refractivity contribution in [3.8, 4) is 5.75 Å². The van der Waals surface area contributed by atoms with Crippen LogP contribution in [0.1, 0.15) is 42.5 Å². The highest BCUT2D eigenvalue weighted by Gasteiger charge is 2.62. The number of aliphatic hydroxyl groups is 1. The topological polar surface area (TPSA) is 29.5 Å². The SMILES string of the molecule is COc1c(C)cc(C2(CO)CC2(C)C)c(C)c1C. The first-order valence-electron chi connectivity index (χ1n) is 6.57. The molecule has 0 bridgehead atoms. The van der Waals surface area contributed by atoms with Crippen LogP contribution in [0.3, 0.4) is 0 Å². The summed E-state index contributed by atoms with van der Waals surface area (Å²) < 4.78 is 5.47. The van der Waals surface area contributed by atoms with Crippen LogP contribution in [0.2, 0.25) is 0 Å². The van der Waals surface area contributed by atoms with Crippen molar-refractivity contribution in [2.75, 3.05) is 13.7 Å². The second-order valence-corrected chi connectivity index (χ2v) is 6.33. The summed E-state index contributed by atoms with van der Waals surface area (Å²) in [5.41, 5.74) is 5.05. The third-order valence-corrected chi connectivity index (χ3v) is 4.93. The molecule has 1 aliphatic rings. The van der Waals surface area contributed by atoms with E-state index in [1.165, 1.54) is 16.7 Å². The monoisotopic (exact) mass is 248 g/mol. The number of aliphatic hydroxyl groups excluding tert-OH is 1. The molecule has 1 unspecified atom stereocenters. The van der Waals surface area contributed by atoms with Crippen molar-refractivity contribution in [3.05, 3.63) is 28.3 Å². The van der Waals surface area contributed by atoms with E-state index in [1.807, 2.05) is 0 Å². The van der Waals surface area contributed by atoms with Gasteiger partial charge < -0.3 is 9.84 Å². The highest BCUT2D eigenvalue weighted by atomic mass is 16.5. The summed E-state index contributed by atoms with van der Waals surface area (Å²) in [4.78, 5) is 0. The van der Waals surface area contributed by atoms with Crippen LogP contribution in [0, 0.1) is 26.2 Å². The van der Waals surface area contributed by atoms with E-state index < -0.39 is 0 Å². The average Bonchev–Trinajstić information content (AvgIpc) is 2.88. The van der Waals surface area contributed by atoms with Crippen molar-refractivity contribution < 1.29 is 9.84 Å². The molecular weight excluding hydrogens is 224 g/mol. The first kappa shape index (κ1) is 13.4. The van der Waals surface area contributed by atoms with Crippen LogP contribution in [-0.4, -0.2) is 18.8 Å². The zero-order valence-electron chi connectivity index (χ0n) is 12.3. The van der Waals surface area contributed by atoms with Crippen LogP contribution in [0.5, 0.6) is 5.75 Å². The minimum atomic E-state index is -0.0567. The maximum absolute atomic E-state index is 9.85. The van der Waals surface area contributed by atoms with Gasteiger partial charge in [0.15, 0.2) is 0 Å². The normalized spacial score (nSPS) is 25.1. The van der Waals surface area contributed by atoms with Crippen LogP contribution in [0.25, 0.3) is 0 Å². The molecular formula is C16H24O2. The molecule has 0 aliphatic heterocycles. The van der Waals surface area contributed by atoms with Crippen molar-refractivity contribution in [1.82, 2.24) is 0 Å². The number of benzene rings is 1. The smallest absolute Gasteiger partial charge is 0.124 e. The second-order valence-electron chi connectivity index (χ2n) is 6.33. The number of aryl methyl sites for hydroxylation is 1.